The lowest BCUT2D eigenvalue weighted by molar-refractivity contribution is 1.29. The first kappa shape index (κ1) is 23.7. The molecule has 40 heavy (non-hydrogen) atoms. The fourth-order valence-electron chi connectivity index (χ4n) is 5.20. The van der Waals surface area contributed by atoms with Crippen LogP contribution in [0.25, 0.3) is 66.9 Å². The third-order valence-electron chi connectivity index (χ3n) is 7.21. The van der Waals surface area contributed by atoms with Crippen LogP contribution in [0.2, 0.25) is 0 Å². The maximum Gasteiger partial charge on any atom is 0.0979 e. The molecule has 0 spiro atoms. The highest BCUT2D eigenvalue weighted by atomic mass is 14.8. The molecule has 0 aliphatic carbocycles. The molecule has 188 valence electrons. The van der Waals surface area contributed by atoms with Gasteiger partial charge in [-0.1, -0.05) is 127 Å². The molecule has 0 radical (unpaired) electrons. The van der Waals surface area contributed by atoms with Crippen LogP contribution in [0.15, 0.2) is 152 Å². The quantitative estimate of drug-likeness (QED) is 0.231. The standard InChI is InChI=1S/C37H25N3/c1-4-10-28(11-5-1)32-20-21-33(29-12-6-2-7-13-29)37-36(32)39-34(30-14-8-3-9-15-30)35(40-37)31-18-16-26(17-19-31)27-22-24-38-25-23-27/h1-25H. The Balaban J connectivity index is 1.51. The number of nitrogens with zero attached hydrogens (tertiary/aromatic N) is 3. The van der Waals surface area contributed by atoms with E-state index in [1.807, 2.05) is 42.7 Å². The molecule has 0 unspecified atom stereocenters. The van der Waals surface area contributed by atoms with E-state index in [-0.39, 0.29) is 0 Å². The van der Waals surface area contributed by atoms with Gasteiger partial charge in [0.2, 0.25) is 0 Å². The predicted molar refractivity (Wildman–Crippen MR) is 165 cm³/mol. The van der Waals surface area contributed by atoms with Gasteiger partial charge in [-0.25, -0.2) is 9.97 Å². The zero-order valence-electron chi connectivity index (χ0n) is 21.8. The van der Waals surface area contributed by atoms with Crippen molar-refractivity contribution in [2.24, 2.45) is 0 Å². The van der Waals surface area contributed by atoms with E-state index in [4.69, 9.17) is 9.97 Å². The van der Waals surface area contributed by atoms with E-state index in [9.17, 15) is 0 Å². The van der Waals surface area contributed by atoms with Gasteiger partial charge in [-0.3, -0.25) is 4.98 Å². The van der Waals surface area contributed by atoms with E-state index in [1.54, 1.807) is 0 Å². The molecular weight excluding hydrogens is 486 g/mol. The molecule has 7 rings (SSSR count). The lowest BCUT2D eigenvalue weighted by Crippen LogP contribution is -1.99. The summed E-state index contributed by atoms with van der Waals surface area (Å²) in [5.41, 5.74) is 12.2. The SMILES string of the molecule is c1ccc(-c2nc3c(-c4ccccc4)ccc(-c4ccccc4)c3nc2-c2ccc(-c3ccncc3)cc2)cc1. The third kappa shape index (κ3) is 4.44. The molecule has 5 aromatic carbocycles. The molecule has 3 heteroatoms. The Kier molecular flexibility index (Phi) is 6.15. The zero-order chi connectivity index (χ0) is 26.7. The van der Waals surface area contributed by atoms with Crippen LogP contribution in [-0.2, 0) is 0 Å². The average Bonchev–Trinajstić information content (AvgIpc) is 3.05. The van der Waals surface area contributed by atoms with Gasteiger partial charge < -0.3 is 0 Å². The molecular formula is C37H25N3. The Bertz CT molecular complexity index is 1900. The van der Waals surface area contributed by atoms with Crippen LogP contribution in [0, 0.1) is 0 Å². The second kappa shape index (κ2) is 10.4. The number of fused-ring (bicyclic) bond motifs is 1. The van der Waals surface area contributed by atoms with Crippen LogP contribution in [0.1, 0.15) is 0 Å². The zero-order valence-corrected chi connectivity index (χ0v) is 21.8. The van der Waals surface area contributed by atoms with E-state index < -0.39 is 0 Å². The summed E-state index contributed by atoms with van der Waals surface area (Å²) in [5, 5.41) is 0. The number of pyridine rings is 1. The minimum atomic E-state index is 0.863. The largest absolute Gasteiger partial charge is 0.265 e. The van der Waals surface area contributed by atoms with E-state index in [0.717, 1.165) is 66.9 Å². The Morgan fingerprint density at radius 3 is 1.15 bits per heavy atom. The van der Waals surface area contributed by atoms with Gasteiger partial charge in [0, 0.05) is 34.6 Å². The van der Waals surface area contributed by atoms with Crippen LogP contribution < -0.4 is 0 Å². The highest BCUT2D eigenvalue weighted by molar-refractivity contribution is 6.02. The van der Waals surface area contributed by atoms with Crippen molar-refractivity contribution in [2.75, 3.05) is 0 Å². The van der Waals surface area contributed by atoms with E-state index >= 15 is 0 Å². The summed E-state index contributed by atoms with van der Waals surface area (Å²) < 4.78 is 0. The number of aromatic nitrogens is 3. The molecule has 7 aromatic rings. The minimum Gasteiger partial charge on any atom is -0.265 e. The van der Waals surface area contributed by atoms with Gasteiger partial charge >= 0.3 is 0 Å². The van der Waals surface area contributed by atoms with Gasteiger partial charge in [0.1, 0.15) is 0 Å². The molecule has 3 nitrogen and oxygen atoms in total. The van der Waals surface area contributed by atoms with Gasteiger partial charge in [-0.05, 0) is 34.4 Å². The van der Waals surface area contributed by atoms with Crippen molar-refractivity contribution in [3.63, 3.8) is 0 Å². The molecule has 2 heterocycles. The predicted octanol–water partition coefficient (Wildman–Crippen LogP) is 9.36. The van der Waals surface area contributed by atoms with E-state index in [2.05, 4.69) is 114 Å². The van der Waals surface area contributed by atoms with Crippen LogP contribution >= 0.6 is 0 Å². The normalized spacial score (nSPS) is 11.0. The average molecular weight is 512 g/mol. The first-order valence-corrected chi connectivity index (χ1v) is 13.4. The van der Waals surface area contributed by atoms with Gasteiger partial charge in [-0.15, -0.1) is 0 Å². The summed E-state index contributed by atoms with van der Waals surface area (Å²) >= 11 is 0. The van der Waals surface area contributed by atoms with Gasteiger partial charge in [0.15, 0.2) is 0 Å². The van der Waals surface area contributed by atoms with Crippen LogP contribution in [0.5, 0.6) is 0 Å². The maximum absolute atomic E-state index is 5.41. The second-order valence-electron chi connectivity index (χ2n) is 9.69. The Hall–Kier alpha value is -5.41. The summed E-state index contributed by atoms with van der Waals surface area (Å²) in [6.45, 7) is 0. The van der Waals surface area contributed by atoms with Gasteiger partial charge in [-0.2, -0.15) is 0 Å². The molecule has 0 aliphatic heterocycles. The number of rotatable bonds is 5. The van der Waals surface area contributed by atoms with Crippen molar-refractivity contribution in [1.82, 2.24) is 15.0 Å². The fraction of sp³-hybridized carbons (Fsp3) is 0. The Morgan fingerprint density at radius 1 is 0.300 bits per heavy atom. The van der Waals surface area contributed by atoms with Crippen molar-refractivity contribution in [1.29, 1.82) is 0 Å². The minimum absolute atomic E-state index is 0.863. The summed E-state index contributed by atoms with van der Waals surface area (Å²) in [4.78, 5) is 15.0. The molecule has 0 atom stereocenters. The first-order chi connectivity index (χ1) is 19.8. The lowest BCUT2D eigenvalue weighted by atomic mass is 9.95. The van der Waals surface area contributed by atoms with Crippen molar-refractivity contribution in [3.8, 4) is 55.9 Å². The summed E-state index contributed by atoms with van der Waals surface area (Å²) in [5.74, 6) is 0. The molecule has 0 amide bonds. The molecule has 0 bridgehead atoms. The van der Waals surface area contributed by atoms with E-state index in [1.165, 1.54) is 0 Å². The highest BCUT2D eigenvalue weighted by Crippen LogP contribution is 2.38. The van der Waals surface area contributed by atoms with Crippen molar-refractivity contribution < 1.29 is 0 Å². The molecule has 2 aromatic heterocycles. The Labute approximate surface area is 233 Å². The maximum atomic E-state index is 5.41. The smallest absolute Gasteiger partial charge is 0.0979 e. The van der Waals surface area contributed by atoms with E-state index in [0.29, 0.717) is 0 Å². The monoisotopic (exact) mass is 511 g/mol. The van der Waals surface area contributed by atoms with Crippen LogP contribution in [0.3, 0.4) is 0 Å². The highest BCUT2D eigenvalue weighted by Gasteiger charge is 2.19. The Morgan fingerprint density at radius 2 is 0.675 bits per heavy atom. The number of hydrogen-bond acceptors (Lipinski definition) is 3. The molecule has 0 saturated carbocycles. The van der Waals surface area contributed by atoms with Crippen molar-refractivity contribution in [3.05, 3.63) is 152 Å². The van der Waals surface area contributed by atoms with Gasteiger partial charge in [0.25, 0.3) is 0 Å². The van der Waals surface area contributed by atoms with Gasteiger partial charge in [0.05, 0.1) is 22.4 Å². The lowest BCUT2D eigenvalue weighted by Gasteiger charge is -2.16. The third-order valence-corrected chi connectivity index (χ3v) is 7.21. The van der Waals surface area contributed by atoms with Crippen LogP contribution in [0.4, 0.5) is 0 Å². The molecule has 0 saturated heterocycles. The summed E-state index contributed by atoms with van der Waals surface area (Å²) in [6, 6.07) is 48.2. The summed E-state index contributed by atoms with van der Waals surface area (Å²) in [6.07, 6.45) is 3.64. The number of hydrogen-bond donors (Lipinski definition) is 0. The number of benzene rings is 5. The van der Waals surface area contributed by atoms with Crippen molar-refractivity contribution >= 4 is 11.0 Å². The summed E-state index contributed by atoms with van der Waals surface area (Å²) in [7, 11) is 0. The topological polar surface area (TPSA) is 38.7 Å². The van der Waals surface area contributed by atoms with Crippen molar-refractivity contribution in [2.45, 2.75) is 0 Å². The fourth-order valence-corrected chi connectivity index (χ4v) is 5.20. The first-order valence-electron chi connectivity index (χ1n) is 13.4. The molecule has 0 fully saturated rings. The second-order valence-corrected chi connectivity index (χ2v) is 9.69. The molecule has 0 N–H and O–H groups in total. The van der Waals surface area contributed by atoms with Crippen LogP contribution in [-0.4, -0.2) is 15.0 Å². The molecule has 0 aliphatic rings.